The van der Waals surface area contributed by atoms with E-state index in [0.717, 1.165) is 5.56 Å². The van der Waals surface area contributed by atoms with Crippen molar-refractivity contribution in [3.63, 3.8) is 0 Å². The van der Waals surface area contributed by atoms with Gasteiger partial charge >= 0.3 is 0 Å². The van der Waals surface area contributed by atoms with Gasteiger partial charge in [-0.3, -0.25) is 19.2 Å². The Balaban J connectivity index is 2.52. The molecular formula is C9H12IN5. The average molecular weight is 317 g/mol. The molecule has 0 aromatic heterocycles. The Morgan fingerprint density at radius 2 is 1.93 bits per heavy atom. The van der Waals surface area contributed by atoms with Gasteiger partial charge in [0.2, 0.25) is 5.96 Å². The Morgan fingerprint density at radius 3 is 2.47 bits per heavy atom. The molecule has 0 amide bonds. The van der Waals surface area contributed by atoms with Crippen LogP contribution in [0.2, 0.25) is 0 Å². The number of benzene rings is 1. The summed E-state index contributed by atoms with van der Waals surface area (Å²) in [5.74, 6) is -0.123. The molecule has 0 spiro atoms. The molecule has 80 valence electrons. The molecule has 0 saturated carbocycles. The first-order valence-corrected chi connectivity index (χ1v) is 5.23. The SMILES string of the molecule is N=C(N)NC(=N)N(I)Cc1ccccc1. The number of hydrogen-bond acceptors (Lipinski definition) is 2. The van der Waals surface area contributed by atoms with E-state index in [0.29, 0.717) is 6.54 Å². The Hall–Kier alpha value is -1.31. The zero-order chi connectivity index (χ0) is 11.3. The molecule has 0 aliphatic heterocycles. The van der Waals surface area contributed by atoms with Crippen molar-refractivity contribution in [1.29, 1.82) is 10.8 Å². The van der Waals surface area contributed by atoms with Gasteiger partial charge in [0, 0.05) is 0 Å². The third-order valence-corrected chi connectivity index (χ3v) is 2.48. The summed E-state index contributed by atoms with van der Waals surface area (Å²) in [5, 5.41) is 17.0. The lowest BCUT2D eigenvalue weighted by atomic mass is 10.2. The van der Waals surface area contributed by atoms with E-state index >= 15 is 0 Å². The fraction of sp³-hybridized carbons (Fsp3) is 0.111. The van der Waals surface area contributed by atoms with E-state index in [9.17, 15) is 0 Å². The summed E-state index contributed by atoms with van der Waals surface area (Å²) in [7, 11) is 0. The van der Waals surface area contributed by atoms with E-state index in [-0.39, 0.29) is 11.9 Å². The van der Waals surface area contributed by atoms with Crippen molar-refractivity contribution in [2.75, 3.05) is 0 Å². The number of nitrogens with two attached hydrogens (primary N) is 1. The minimum atomic E-state index is -0.227. The first-order valence-electron chi connectivity index (χ1n) is 4.26. The lowest BCUT2D eigenvalue weighted by molar-refractivity contribution is 0.692. The molecule has 0 atom stereocenters. The van der Waals surface area contributed by atoms with Crippen molar-refractivity contribution in [2.45, 2.75) is 6.54 Å². The zero-order valence-electron chi connectivity index (χ0n) is 8.00. The quantitative estimate of drug-likeness (QED) is 0.286. The predicted molar refractivity (Wildman–Crippen MR) is 68.8 cm³/mol. The second-order valence-corrected chi connectivity index (χ2v) is 4.06. The van der Waals surface area contributed by atoms with Gasteiger partial charge in [-0.15, -0.1) is 0 Å². The summed E-state index contributed by atoms with van der Waals surface area (Å²) >= 11 is 2.00. The lowest BCUT2D eigenvalue weighted by Gasteiger charge is -2.17. The van der Waals surface area contributed by atoms with E-state index in [1.807, 2.05) is 53.2 Å². The topological polar surface area (TPSA) is 89.0 Å². The lowest BCUT2D eigenvalue weighted by Crippen LogP contribution is -2.41. The summed E-state index contributed by atoms with van der Waals surface area (Å²) in [6.45, 7) is 0.598. The molecule has 1 aromatic carbocycles. The molecule has 0 bridgehead atoms. The Bertz CT molecular complexity index is 351. The fourth-order valence-corrected chi connectivity index (χ4v) is 1.53. The van der Waals surface area contributed by atoms with Crippen molar-refractivity contribution < 1.29 is 0 Å². The standard InChI is InChI=1S/C9H12IN5/c10-15(9(13)14-8(11)12)6-7-4-2-1-3-5-7/h1-5H,6H2,(H5,11,12,13,14). The average Bonchev–Trinajstić information content (AvgIpc) is 2.18. The van der Waals surface area contributed by atoms with Crippen molar-refractivity contribution in [3.05, 3.63) is 35.9 Å². The molecule has 6 heteroatoms. The van der Waals surface area contributed by atoms with E-state index in [2.05, 4.69) is 5.32 Å². The van der Waals surface area contributed by atoms with Gasteiger partial charge in [-0.05, 0) is 5.56 Å². The van der Waals surface area contributed by atoms with Gasteiger partial charge in [-0.2, -0.15) is 0 Å². The van der Waals surface area contributed by atoms with Gasteiger partial charge in [0.05, 0.1) is 29.4 Å². The van der Waals surface area contributed by atoms with Crippen molar-refractivity contribution in [1.82, 2.24) is 8.43 Å². The van der Waals surface area contributed by atoms with Gasteiger partial charge < -0.3 is 5.73 Å². The van der Waals surface area contributed by atoms with Crippen LogP contribution in [-0.4, -0.2) is 15.0 Å². The third kappa shape index (κ3) is 4.15. The monoisotopic (exact) mass is 317 g/mol. The molecule has 5 nitrogen and oxygen atoms in total. The van der Waals surface area contributed by atoms with E-state index in [1.54, 1.807) is 3.11 Å². The molecule has 0 radical (unpaired) electrons. The molecule has 0 unspecified atom stereocenters. The van der Waals surface area contributed by atoms with Crippen LogP contribution >= 0.6 is 22.9 Å². The largest absolute Gasteiger partial charge is 0.370 e. The molecule has 0 fully saturated rings. The van der Waals surface area contributed by atoms with Crippen LogP contribution in [0, 0.1) is 10.8 Å². The number of rotatable bonds is 2. The summed E-state index contributed by atoms with van der Waals surface area (Å²) < 4.78 is 1.65. The maximum atomic E-state index is 7.56. The van der Waals surface area contributed by atoms with Gasteiger partial charge in [0.1, 0.15) is 0 Å². The highest BCUT2D eigenvalue weighted by Gasteiger charge is 2.06. The Labute approximate surface area is 102 Å². The summed E-state index contributed by atoms with van der Waals surface area (Å²) in [6, 6.07) is 9.79. The summed E-state index contributed by atoms with van der Waals surface area (Å²) in [5.41, 5.74) is 6.22. The molecule has 0 aliphatic rings. The van der Waals surface area contributed by atoms with Crippen LogP contribution in [0.4, 0.5) is 0 Å². The number of nitrogens with zero attached hydrogens (tertiary/aromatic N) is 1. The number of guanidine groups is 2. The van der Waals surface area contributed by atoms with Gasteiger partial charge in [-0.1, -0.05) is 30.3 Å². The van der Waals surface area contributed by atoms with Crippen molar-refractivity contribution >= 4 is 34.8 Å². The molecular weight excluding hydrogens is 305 g/mol. The van der Waals surface area contributed by atoms with Crippen molar-refractivity contribution in [2.24, 2.45) is 5.73 Å². The summed E-state index contributed by atoms with van der Waals surface area (Å²) in [6.07, 6.45) is 0. The maximum absolute atomic E-state index is 7.56. The highest BCUT2D eigenvalue weighted by Crippen LogP contribution is 2.08. The first kappa shape index (κ1) is 11.8. The minimum Gasteiger partial charge on any atom is -0.370 e. The van der Waals surface area contributed by atoms with Crippen molar-refractivity contribution in [3.8, 4) is 0 Å². The molecule has 1 rings (SSSR count). The van der Waals surface area contributed by atoms with E-state index in [1.165, 1.54) is 0 Å². The molecule has 0 saturated heterocycles. The van der Waals surface area contributed by atoms with Gasteiger partial charge in [0.25, 0.3) is 0 Å². The van der Waals surface area contributed by atoms with Crippen LogP contribution in [0.15, 0.2) is 30.3 Å². The number of halogens is 1. The fourth-order valence-electron chi connectivity index (χ4n) is 1.01. The molecule has 0 heterocycles. The molecule has 0 aliphatic carbocycles. The van der Waals surface area contributed by atoms with E-state index in [4.69, 9.17) is 16.6 Å². The van der Waals surface area contributed by atoms with Crippen LogP contribution in [0.1, 0.15) is 5.56 Å². The highest BCUT2D eigenvalue weighted by molar-refractivity contribution is 14.1. The molecule has 5 N–H and O–H groups in total. The molecule has 1 aromatic rings. The minimum absolute atomic E-state index is 0.104. The number of nitrogens with one attached hydrogen (secondary N) is 3. The van der Waals surface area contributed by atoms with Crippen LogP contribution in [-0.2, 0) is 6.54 Å². The summed E-state index contributed by atoms with van der Waals surface area (Å²) in [4.78, 5) is 0. The second-order valence-electron chi connectivity index (χ2n) is 2.89. The smallest absolute Gasteiger partial charge is 0.207 e. The second kappa shape index (κ2) is 5.54. The highest BCUT2D eigenvalue weighted by atomic mass is 127. The van der Waals surface area contributed by atoms with Crippen LogP contribution in [0.25, 0.3) is 0 Å². The number of hydrogen-bond donors (Lipinski definition) is 4. The van der Waals surface area contributed by atoms with Crippen LogP contribution in [0.5, 0.6) is 0 Å². The third-order valence-electron chi connectivity index (χ3n) is 1.66. The van der Waals surface area contributed by atoms with E-state index < -0.39 is 0 Å². The van der Waals surface area contributed by atoms with Crippen LogP contribution < -0.4 is 11.1 Å². The Kier molecular flexibility index (Phi) is 4.35. The van der Waals surface area contributed by atoms with Gasteiger partial charge in [0.15, 0.2) is 5.96 Å². The predicted octanol–water partition coefficient (Wildman–Crippen LogP) is 1.26. The zero-order valence-corrected chi connectivity index (χ0v) is 10.2. The Morgan fingerprint density at radius 1 is 1.33 bits per heavy atom. The van der Waals surface area contributed by atoms with Gasteiger partial charge in [-0.25, -0.2) is 0 Å². The maximum Gasteiger partial charge on any atom is 0.207 e. The molecule has 15 heavy (non-hydrogen) atoms. The normalized spacial score (nSPS) is 9.40. The first-order chi connectivity index (χ1) is 7.09. The van der Waals surface area contributed by atoms with Crippen LogP contribution in [0.3, 0.4) is 0 Å².